The van der Waals surface area contributed by atoms with Crippen molar-refractivity contribution in [3.8, 4) is 17.2 Å². The van der Waals surface area contributed by atoms with Crippen molar-refractivity contribution < 1.29 is 47.8 Å². The highest BCUT2D eigenvalue weighted by Crippen LogP contribution is 2.34. The van der Waals surface area contributed by atoms with Gasteiger partial charge in [0.1, 0.15) is 24.1 Å². The van der Waals surface area contributed by atoms with E-state index in [0.29, 0.717) is 85.0 Å². The predicted octanol–water partition coefficient (Wildman–Crippen LogP) is 4.44. The van der Waals surface area contributed by atoms with Crippen LogP contribution in [0.25, 0.3) is 6.08 Å². The Morgan fingerprint density at radius 3 is 2.54 bits per heavy atom. The van der Waals surface area contributed by atoms with Crippen LogP contribution in [0.4, 0.5) is 5.69 Å². The van der Waals surface area contributed by atoms with E-state index in [2.05, 4.69) is 26.3 Å². The Bertz CT molecular complexity index is 2370. The first-order valence-corrected chi connectivity index (χ1v) is 20.0. The number of unbranched alkanes of at least 4 members (excludes halogenated alkanes) is 2. The zero-order chi connectivity index (χ0) is 43.5. The van der Waals surface area contributed by atoms with Gasteiger partial charge in [-0.1, -0.05) is 35.9 Å². The Kier molecular flexibility index (Phi) is 14.4. The van der Waals surface area contributed by atoms with Crippen LogP contribution >= 0.6 is 0 Å². The van der Waals surface area contributed by atoms with Gasteiger partial charge in [-0.3, -0.25) is 48.5 Å². The van der Waals surface area contributed by atoms with E-state index in [9.17, 15) is 33.6 Å². The van der Waals surface area contributed by atoms with Crippen LogP contribution in [0.5, 0.6) is 17.2 Å². The number of allylic oxidation sites excluding steroid dienone is 1. The Morgan fingerprint density at radius 1 is 0.951 bits per heavy atom. The number of piperidine rings is 1. The van der Waals surface area contributed by atoms with Crippen LogP contribution in [0.15, 0.2) is 66.9 Å². The molecule has 3 N–H and O–H groups in total. The van der Waals surface area contributed by atoms with Gasteiger partial charge in [0.25, 0.3) is 11.8 Å². The molecular formula is C44H47N7O10. The monoisotopic (exact) mass is 833 g/mol. The van der Waals surface area contributed by atoms with Gasteiger partial charge in [-0.15, -0.1) is 5.10 Å². The lowest BCUT2D eigenvalue weighted by Crippen LogP contribution is -2.54. The number of nitrogens with one attached hydrogen (secondary N) is 3. The number of nitrogens with zero attached hydrogens (tertiary/aromatic N) is 4. The highest BCUT2D eigenvalue weighted by atomic mass is 16.5. The largest absolute Gasteiger partial charge is 0.493 e. The predicted molar refractivity (Wildman–Crippen MR) is 221 cm³/mol. The first kappa shape index (κ1) is 43.4. The van der Waals surface area contributed by atoms with Crippen LogP contribution in [-0.4, -0.2) is 87.4 Å². The first-order valence-electron chi connectivity index (χ1n) is 20.0. The number of anilines is 1. The van der Waals surface area contributed by atoms with Crippen LogP contribution in [-0.2, 0) is 38.8 Å². The molecule has 1 saturated heterocycles. The van der Waals surface area contributed by atoms with Crippen molar-refractivity contribution in [1.82, 2.24) is 30.5 Å². The standard InChI is InChI=1S/C44H47N7O10/c1-4-60-38-24-32(29(23-37(38)59-3)20-21-45-27(2)52)35(53)18-16-28-11-7-8-14-36(28)61-26-30-25-50(49-48-30)22-9-5-6-15-39(54)46-33-13-10-12-31-41(33)44(58)51(43(31)57)34-17-19-40(55)47-42(34)56/h7-8,10-14,16,18,23-25,34H,4-6,9,15,17,19-22,26H2,1-3H3,(H,45,52)(H,46,54)(H,47,55,56)/b18-16+. The van der Waals surface area contributed by atoms with Gasteiger partial charge in [-0.25, -0.2) is 0 Å². The number of ketones is 1. The minimum absolute atomic E-state index is 0.00951. The van der Waals surface area contributed by atoms with E-state index in [-0.39, 0.29) is 60.3 Å². The third kappa shape index (κ3) is 10.7. The molecule has 0 saturated carbocycles. The quantitative estimate of drug-likeness (QED) is 0.0488. The summed E-state index contributed by atoms with van der Waals surface area (Å²) >= 11 is 0. The third-order valence-electron chi connectivity index (χ3n) is 10.1. The smallest absolute Gasteiger partial charge is 0.264 e. The van der Waals surface area contributed by atoms with Gasteiger partial charge in [0.2, 0.25) is 23.6 Å². The number of aromatic nitrogens is 3. The van der Waals surface area contributed by atoms with Crippen LogP contribution in [0.1, 0.15) is 100 Å². The van der Waals surface area contributed by atoms with E-state index < -0.39 is 29.7 Å². The summed E-state index contributed by atoms with van der Waals surface area (Å²) in [5.41, 5.74) is 2.71. The summed E-state index contributed by atoms with van der Waals surface area (Å²) in [5, 5.41) is 16.1. The zero-order valence-corrected chi connectivity index (χ0v) is 34.2. The molecule has 61 heavy (non-hydrogen) atoms. The molecule has 0 radical (unpaired) electrons. The lowest BCUT2D eigenvalue weighted by Gasteiger charge is -2.27. The topological polar surface area (TPSA) is 217 Å². The number of para-hydroxylation sites is 1. The summed E-state index contributed by atoms with van der Waals surface area (Å²) in [7, 11) is 1.53. The Labute approximate surface area is 351 Å². The second-order valence-electron chi connectivity index (χ2n) is 14.4. The summed E-state index contributed by atoms with van der Waals surface area (Å²) in [6.07, 6.45) is 7.53. The lowest BCUT2D eigenvalue weighted by molar-refractivity contribution is -0.136. The van der Waals surface area contributed by atoms with Crippen LogP contribution in [0.3, 0.4) is 0 Å². The fourth-order valence-corrected chi connectivity index (χ4v) is 7.08. The van der Waals surface area contributed by atoms with Crippen molar-refractivity contribution in [2.45, 2.75) is 78.0 Å². The normalized spacial score (nSPS) is 14.8. The van der Waals surface area contributed by atoms with Crippen molar-refractivity contribution in [1.29, 1.82) is 0 Å². The van der Waals surface area contributed by atoms with Gasteiger partial charge in [-0.05, 0) is 80.7 Å². The molecule has 6 amide bonds. The maximum atomic E-state index is 13.6. The number of imide groups is 2. The lowest BCUT2D eigenvalue weighted by atomic mass is 9.98. The number of aryl methyl sites for hydroxylation is 1. The molecule has 3 aromatic carbocycles. The van der Waals surface area contributed by atoms with Gasteiger partial charge >= 0.3 is 0 Å². The van der Waals surface area contributed by atoms with Gasteiger partial charge < -0.3 is 24.8 Å². The van der Waals surface area contributed by atoms with E-state index >= 15 is 0 Å². The van der Waals surface area contributed by atoms with Gasteiger partial charge in [-0.2, -0.15) is 0 Å². The molecular weight excluding hydrogens is 787 g/mol. The Hall–Kier alpha value is -7.17. The van der Waals surface area contributed by atoms with E-state index in [4.69, 9.17) is 14.2 Å². The molecule has 4 aromatic rings. The molecule has 6 rings (SSSR count). The number of carbonyl (C=O) groups excluding carboxylic acids is 7. The molecule has 0 bridgehead atoms. The number of rotatable bonds is 20. The van der Waals surface area contributed by atoms with E-state index in [1.165, 1.54) is 32.2 Å². The highest BCUT2D eigenvalue weighted by molar-refractivity contribution is 6.26. The number of fused-ring (bicyclic) bond motifs is 1. The van der Waals surface area contributed by atoms with E-state index in [1.807, 2.05) is 25.1 Å². The number of carbonyl (C=O) groups is 7. The summed E-state index contributed by atoms with van der Waals surface area (Å²) in [6, 6.07) is 14.2. The fraction of sp³-hybridized carbons (Fsp3) is 0.341. The van der Waals surface area contributed by atoms with Crippen molar-refractivity contribution >= 4 is 53.0 Å². The maximum absolute atomic E-state index is 13.6. The van der Waals surface area contributed by atoms with Crippen LogP contribution in [0, 0.1) is 0 Å². The SMILES string of the molecule is CCOc1cc(C(=O)/C=C/c2ccccc2OCc2cn(CCCCCC(=O)Nc3cccc4c3C(=O)N(C3CCC(=O)NC3=O)C4=O)nn2)c(CCNC(C)=O)cc1OC. The summed E-state index contributed by atoms with van der Waals surface area (Å²) in [6.45, 7) is 4.70. The molecule has 17 heteroatoms. The number of hydrogen-bond donors (Lipinski definition) is 3. The minimum atomic E-state index is -1.10. The van der Waals surface area contributed by atoms with E-state index in [0.717, 1.165) is 4.90 Å². The van der Waals surface area contributed by atoms with Crippen molar-refractivity contribution in [3.05, 3.63) is 100 Å². The zero-order valence-electron chi connectivity index (χ0n) is 34.2. The number of amides is 6. The summed E-state index contributed by atoms with van der Waals surface area (Å²) in [4.78, 5) is 89.2. The van der Waals surface area contributed by atoms with Crippen molar-refractivity contribution in [2.24, 2.45) is 0 Å². The first-order chi connectivity index (χ1) is 29.5. The van der Waals surface area contributed by atoms with Crippen molar-refractivity contribution in [3.63, 3.8) is 0 Å². The molecule has 2 aliphatic rings. The van der Waals surface area contributed by atoms with Gasteiger partial charge in [0, 0.05) is 44.0 Å². The van der Waals surface area contributed by atoms with Crippen LogP contribution < -0.4 is 30.2 Å². The molecule has 0 spiro atoms. The van der Waals surface area contributed by atoms with Crippen LogP contribution in [0.2, 0.25) is 0 Å². The maximum Gasteiger partial charge on any atom is 0.264 e. The van der Waals surface area contributed by atoms with E-state index in [1.54, 1.807) is 41.2 Å². The number of benzene rings is 3. The number of ether oxygens (including phenoxy) is 3. The van der Waals surface area contributed by atoms with Gasteiger partial charge in [0.15, 0.2) is 17.3 Å². The second-order valence-corrected chi connectivity index (χ2v) is 14.4. The molecule has 2 aliphatic heterocycles. The molecule has 0 aliphatic carbocycles. The highest BCUT2D eigenvalue weighted by Gasteiger charge is 2.45. The average Bonchev–Trinajstić information content (AvgIpc) is 3.80. The molecule has 3 heterocycles. The molecule has 1 unspecified atom stereocenters. The van der Waals surface area contributed by atoms with Gasteiger partial charge in [0.05, 0.1) is 36.7 Å². The fourth-order valence-electron chi connectivity index (χ4n) is 7.08. The minimum Gasteiger partial charge on any atom is -0.493 e. The molecule has 1 fully saturated rings. The number of methoxy groups -OCH3 is 1. The molecule has 1 aromatic heterocycles. The molecule has 318 valence electrons. The summed E-state index contributed by atoms with van der Waals surface area (Å²) < 4.78 is 19.0. The third-order valence-corrected chi connectivity index (χ3v) is 10.1. The molecule has 17 nitrogen and oxygen atoms in total. The second kappa shape index (κ2) is 20.2. The Balaban J connectivity index is 0.974. The van der Waals surface area contributed by atoms with Crippen molar-refractivity contribution in [2.75, 3.05) is 25.6 Å². The molecule has 1 atom stereocenters. The average molecular weight is 834 g/mol. The summed E-state index contributed by atoms with van der Waals surface area (Å²) in [5.74, 6) is -1.77. The number of hydrogen-bond acceptors (Lipinski definition) is 12. The Morgan fingerprint density at radius 2 is 1.77 bits per heavy atom.